The Labute approximate surface area is 167 Å². The standard InChI is InChI=1S/C21H22FN5O2/c22-14-5-3-6-16(11-14)27-18-8-4-7-17(18)20(25-27)21(28)24-15-12-23-26(13-15)19-9-1-2-10-29-19/h3,5-6,11-13,19H,1-2,4,7-10H2,(H,24,28). The van der Waals surface area contributed by atoms with Crippen molar-refractivity contribution in [1.29, 1.82) is 0 Å². The van der Waals surface area contributed by atoms with E-state index in [0.29, 0.717) is 17.1 Å². The summed E-state index contributed by atoms with van der Waals surface area (Å²) in [6.45, 7) is 0.732. The molecule has 1 atom stereocenters. The van der Waals surface area contributed by atoms with Gasteiger partial charge in [-0.15, -0.1) is 0 Å². The maximum atomic E-state index is 13.7. The average molecular weight is 395 g/mol. The highest BCUT2D eigenvalue weighted by molar-refractivity contribution is 6.04. The number of amides is 1. The minimum atomic E-state index is -0.326. The zero-order chi connectivity index (χ0) is 19.8. The van der Waals surface area contributed by atoms with Gasteiger partial charge in [0, 0.05) is 17.9 Å². The molecule has 150 valence electrons. The first-order valence-electron chi connectivity index (χ1n) is 10.0. The minimum Gasteiger partial charge on any atom is -0.357 e. The summed E-state index contributed by atoms with van der Waals surface area (Å²) in [5, 5.41) is 11.7. The second kappa shape index (κ2) is 7.44. The van der Waals surface area contributed by atoms with Crippen LogP contribution >= 0.6 is 0 Å². The molecule has 0 saturated carbocycles. The largest absolute Gasteiger partial charge is 0.357 e. The number of anilines is 1. The van der Waals surface area contributed by atoms with E-state index < -0.39 is 0 Å². The average Bonchev–Trinajstić information content (AvgIpc) is 3.45. The Morgan fingerprint density at radius 2 is 2.17 bits per heavy atom. The number of rotatable bonds is 4. The van der Waals surface area contributed by atoms with Gasteiger partial charge in [0.15, 0.2) is 5.69 Å². The third kappa shape index (κ3) is 3.44. The number of nitrogens with one attached hydrogen (secondary N) is 1. The molecule has 3 aromatic rings. The number of benzene rings is 1. The van der Waals surface area contributed by atoms with Gasteiger partial charge >= 0.3 is 0 Å². The molecular formula is C21H22FN5O2. The quantitative estimate of drug-likeness (QED) is 0.732. The fourth-order valence-corrected chi connectivity index (χ4v) is 4.12. The van der Waals surface area contributed by atoms with E-state index in [-0.39, 0.29) is 18.0 Å². The van der Waals surface area contributed by atoms with Crippen LogP contribution in [0.1, 0.15) is 53.7 Å². The summed E-state index contributed by atoms with van der Waals surface area (Å²) in [7, 11) is 0. The monoisotopic (exact) mass is 395 g/mol. The van der Waals surface area contributed by atoms with E-state index >= 15 is 0 Å². The smallest absolute Gasteiger partial charge is 0.276 e. The number of carbonyl (C=O) groups excluding carboxylic acids is 1. The van der Waals surface area contributed by atoms with Gasteiger partial charge in [-0.25, -0.2) is 13.8 Å². The molecular weight excluding hydrogens is 373 g/mol. The molecule has 2 aliphatic rings. The Balaban J connectivity index is 1.39. The molecule has 0 bridgehead atoms. The van der Waals surface area contributed by atoms with Crippen LogP contribution in [0, 0.1) is 5.82 Å². The van der Waals surface area contributed by atoms with Gasteiger partial charge < -0.3 is 10.1 Å². The molecule has 1 aromatic carbocycles. The fraction of sp³-hybridized carbons (Fsp3) is 0.381. The molecule has 8 heteroatoms. The molecule has 1 N–H and O–H groups in total. The zero-order valence-corrected chi connectivity index (χ0v) is 16.0. The molecule has 1 aliphatic carbocycles. The van der Waals surface area contributed by atoms with E-state index in [4.69, 9.17) is 4.74 Å². The number of ether oxygens (including phenoxy) is 1. The molecule has 5 rings (SSSR count). The summed E-state index contributed by atoms with van der Waals surface area (Å²) in [6.07, 6.45) is 9.01. The lowest BCUT2D eigenvalue weighted by Crippen LogP contribution is -2.18. The van der Waals surface area contributed by atoms with Gasteiger partial charge in [-0.1, -0.05) is 6.07 Å². The van der Waals surface area contributed by atoms with Gasteiger partial charge in [0.05, 0.1) is 23.8 Å². The van der Waals surface area contributed by atoms with Crippen molar-refractivity contribution in [2.24, 2.45) is 0 Å². The van der Waals surface area contributed by atoms with Crippen molar-refractivity contribution >= 4 is 11.6 Å². The van der Waals surface area contributed by atoms with Crippen LogP contribution in [-0.2, 0) is 17.6 Å². The van der Waals surface area contributed by atoms with Crippen LogP contribution in [0.15, 0.2) is 36.7 Å². The Morgan fingerprint density at radius 3 is 3.00 bits per heavy atom. The van der Waals surface area contributed by atoms with Crippen molar-refractivity contribution in [2.45, 2.75) is 44.8 Å². The lowest BCUT2D eigenvalue weighted by atomic mass is 10.2. The summed E-state index contributed by atoms with van der Waals surface area (Å²) in [6, 6.07) is 6.27. The van der Waals surface area contributed by atoms with Crippen molar-refractivity contribution < 1.29 is 13.9 Å². The summed E-state index contributed by atoms with van der Waals surface area (Å²) in [5.41, 5.74) is 3.55. The lowest BCUT2D eigenvalue weighted by Gasteiger charge is -2.22. The Hall–Kier alpha value is -3.00. The first-order chi connectivity index (χ1) is 14.2. The van der Waals surface area contributed by atoms with Gasteiger partial charge in [0.2, 0.25) is 0 Å². The van der Waals surface area contributed by atoms with E-state index in [1.165, 1.54) is 12.1 Å². The van der Waals surface area contributed by atoms with E-state index in [0.717, 1.165) is 56.4 Å². The topological polar surface area (TPSA) is 74.0 Å². The summed E-state index contributed by atoms with van der Waals surface area (Å²) < 4.78 is 22.9. The van der Waals surface area contributed by atoms with Crippen molar-refractivity contribution in [3.63, 3.8) is 0 Å². The Morgan fingerprint density at radius 1 is 1.24 bits per heavy atom. The van der Waals surface area contributed by atoms with E-state index in [2.05, 4.69) is 15.5 Å². The van der Waals surface area contributed by atoms with E-state index in [1.807, 2.05) is 0 Å². The molecule has 2 aromatic heterocycles. The van der Waals surface area contributed by atoms with Crippen LogP contribution in [-0.4, -0.2) is 32.1 Å². The second-order valence-electron chi connectivity index (χ2n) is 7.50. The molecule has 1 saturated heterocycles. The highest BCUT2D eigenvalue weighted by Crippen LogP contribution is 2.29. The normalized spacial score (nSPS) is 18.6. The molecule has 1 amide bonds. The van der Waals surface area contributed by atoms with Gasteiger partial charge in [0.1, 0.15) is 12.0 Å². The van der Waals surface area contributed by atoms with Crippen molar-refractivity contribution in [2.75, 3.05) is 11.9 Å². The zero-order valence-electron chi connectivity index (χ0n) is 16.0. The SMILES string of the molecule is O=C(Nc1cnn(C2CCCCO2)c1)c1nn(-c2cccc(F)c2)c2c1CCC2. The van der Waals surface area contributed by atoms with Crippen LogP contribution < -0.4 is 5.32 Å². The summed E-state index contributed by atoms with van der Waals surface area (Å²) in [5.74, 6) is -0.601. The first-order valence-corrected chi connectivity index (χ1v) is 10.0. The highest BCUT2D eigenvalue weighted by atomic mass is 19.1. The second-order valence-corrected chi connectivity index (χ2v) is 7.50. The molecule has 29 heavy (non-hydrogen) atoms. The Bertz CT molecular complexity index is 1050. The van der Waals surface area contributed by atoms with Crippen LogP contribution in [0.25, 0.3) is 5.69 Å². The van der Waals surface area contributed by atoms with Crippen molar-refractivity contribution in [3.05, 3.63) is 59.4 Å². The van der Waals surface area contributed by atoms with Crippen LogP contribution in [0.2, 0.25) is 0 Å². The maximum Gasteiger partial charge on any atom is 0.276 e. The number of fused-ring (bicyclic) bond motifs is 1. The first kappa shape index (κ1) is 18.1. The van der Waals surface area contributed by atoms with Gasteiger partial charge in [-0.2, -0.15) is 10.2 Å². The predicted molar refractivity (Wildman–Crippen MR) is 105 cm³/mol. The molecule has 1 unspecified atom stereocenters. The molecule has 0 radical (unpaired) electrons. The molecule has 1 aliphatic heterocycles. The van der Waals surface area contributed by atoms with E-state index in [9.17, 15) is 9.18 Å². The minimum absolute atomic E-state index is 0.0779. The van der Waals surface area contributed by atoms with Crippen LogP contribution in [0.3, 0.4) is 0 Å². The molecule has 0 spiro atoms. The number of hydrogen-bond donors (Lipinski definition) is 1. The number of nitrogens with zero attached hydrogens (tertiary/aromatic N) is 4. The van der Waals surface area contributed by atoms with Gasteiger partial charge in [0.25, 0.3) is 5.91 Å². The Kier molecular flexibility index (Phi) is 4.63. The van der Waals surface area contributed by atoms with Gasteiger partial charge in [-0.3, -0.25) is 4.79 Å². The molecule has 7 nitrogen and oxygen atoms in total. The number of halogens is 1. The van der Waals surface area contributed by atoms with Crippen molar-refractivity contribution in [3.8, 4) is 5.69 Å². The van der Waals surface area contributed by atoms with Gasteiger partial charge in [-0.05, 0) is 56.7 Å². The summed E-state index contributed by atoms with van der Waals surface area (Å²) >= 11 is 0. The molecule has 3 heterocycles. The third-order valence-corrected chi connectivity index (χ3v) is 5.51. The lowest BCUT2D eigenvalue weighted by molar-refractivity contribution is -0.0394. The fourth-order valence-electron chi connectivity index (χ4n) is 4.12. The van der Waals surface area contributed by atoms with Crippen molar-refractivity contribution in [1.82, 2.24) is 19.6 Å². The summed E-state index contributed by atoms with van der Waals surface area (Å²) in [4.78, 5) is 12.9. The van der Waals surface area contributed by atoms with Crippen LogP contribution in [0.4, 0.5) is 10.1 Å². The number of aromatic nitrogens is 4. The van der Waals surface area contributed by atoms with E-state index in [1.54, 1.807) is 33.9 Å². The number of hydrogen-bond acceptors (Lipinski definition) is 4. The number of carbonyl (C=O) groups is 1. The molecule has 1 fully saturated rings. The maximum absolute atomic E-state index is 13.7. The van der Waals surface area contributed by atoms with Crippen LogP contribution in [0.5, 0.6) is 0 Å². The third-order valence-electron chi connectivity index (χ3n) is 5.51. The predicted octanol–water partition coefficient (Wildman–Crippen LogP) is 3.65. The highest BCUT2D eigenvalue weighted by Gasteiger charge is 2.27.